The van der Waals surface area contributed by atoms with Gasteiger partial charge in [0.15, 0.2) is 11.5 Å². The lowest BCUT2D eigenvalue weighted by atomic mass is 10.2. The van der Waals surface area contributed by atoms with E-state index < -0.39 is 0 Å². The molecule has 0 atom stereocenters. The van der Waals surface area contributed by atoms with E-state index in [0.29, 0.717) is 25.8 Å². The van der Waals surface area contributed by atoms with Crippen LogP contribution >= 0.6 is 31.9 Å². The number of amides is 1. The number of aromatic hydroxyl groups is 1. The number of nitrogens with one attached hydrogen (secondary N) is 1. The summed E-state index contributed by atoms with van der Waals surface area (Å²) >= 11 is 6.60. The average molecular weight is 458 g/mol. The molecule has 0 aliphatic carbocycles. The molecule has 0 aromatic heterocycles. The van der Waals surface area contributed by atoms with Gasteiger partial charge in [-0.15, -0.1) is 0 Å². The van der Waals surface area contributed by atoms with Crippen LogP contribution in [-0.2, 0) is 0 Å². The van der Waals surface area contributed by atoms with Crippen molar-refractivity contribution in [3.05, 3.63) is 50.4 Å². The summed E-state index contributed by atoms with van der Waals surface area (Å²) in [6.45, 7) is 0. The quantitative estimate of drug-likeness (QED) is 0.530. The molecule has 0 fully saturated rings. The number of rotatable bonds is 5. The second-order valence-corrected chi connectivity index (χ2v) is 6.16. The SMILES string of the molecule is COc1ccc(C(=O)NN=Cc2cc(OC)c(O)c(Br)c2Br)cc1. The molecular weight excluding hydrogens is 444 g/mol. The van der Waals surface area contributed by atoms with Crippen molar-refractivity contribution in [2.75, 3.05) is 14.2 Å². The minimum atomic E-state index is -0.352. The number of hydrogen-bond acceptors (Lipinski definition) is 5. The molecule has 2 aromatic carbocycles. The van der Waals surface area contributed by atoms with Crippen molar-refractivity contribution in [3.8, 4) is 17.2 Å². The van der Waals surface area contributed by atoms with E-state index in [4.69, 9.17) is 9.47 Å². The summed E-state index contributed by atoms with van der Waals surface area (Å²) in [7, 11) is 3.00. The monoisotopic (exact) mass is 456 g/mol. The Hall–Kier alpha value is -2.06. The number of phenolic OH excluding ortho intramolecular Hbond substituents is 1. The van der Waals surface area contributed by atoms with Crippen LogP contribution in [0.3, 0.4) is 0 Å². The molecule has 0 radical (unpaired) electrons. The van der Waals surface area contributed by atoms with Gasteiger partial charge in [0.25, 0.3) is 5.91 Å². The van der Waals surface area contributed by atoms with Crippen molar-refractivity contribution in [3.63, 3.8) is 0 Å². The highest BCUT2D eigenvalue weighted by Crippen LogP contribution is 2.41. The van der Waals surface area contributed by atoms with Crippen LogP contribution in [0.25, 0.3) is 0 Å². The van der Waals surface area contributed by atoms with Crippen molar-refractivity contribution < 1.29 is 19.4 Å². The number of nitrogens with zero attached hydrogens (tertiary/aromatic N) is 1. The van der Waals surface area contributed by atoms with Crippen LogP contribution in [0.5, 0.6) is 17.2 Å². The van der Waals surface area contributed by atoms with Crippen molar-refractivity contribution in [1.82, 2.24) is 5.43 Å². The number of hydrazone groups is 1. The lowest BCUT2D eigenvalue weighted by molar-refractivity contribution is 0.0955. The third kappa shape index (κ3) is 4.07. The van der Waals surface area contributed by atoms with Crippen LogP contribution in [0.2, 0.25) is 0 Å². The van der Waals surface area contributed by atoms with Gasteiger partial charge >= 0.3 is 0 Å². The molecule has 0 aliphatic heterocycles. The van der Waals surface area contributed by atoms with Crippen molar-refractivity contribution >= 4 is 44.0 Å². The molecule has 6 nitrogen and oxygen atoms in total. The lowest BCUT2D eigenvalue weighted by Gasteiger charge is -2.09. The molecule has 0 bridgehead atoms. The molecule has 0 spiro atoms. The Morgan fingerprint density at radius 2 is 1.83 bits per heavy atom. The van der Waals surface area contributed by atoms with E-state index in [0.717, 1.165) is 0 Å². The van der Waals surface area contributed by atoms with Gasteiger partial charge in [0, 0.05) is 15.6 Å². The summed E-state index contributed by atoms with van der Waals surface area (Å²) in [6.07, 6.45) is 1.44. The van der Waals surface area contributed by atoms with E-state index >= 15 is 0 Å². The van der Waals surface area contributed by atoms with Gasteiger partial charge in [0.2, 0.25) is 0 Å². The van der Waals surface area contributed by atoms with Gasteiger partial charge in [0.05, 0.1) is 24.9 Å². The number of halogens is 2. The fourth-order valence-corrected chi connectivity index (χ4v) is 2.66. The first-order valence-corrected chi connectivity index (χ1v) is 8.29. The van der Waals surface area contributed by atoms with Gasteiger partial charge in [-0.25, -0.2) is 5.43 Å². The molecule has 2 aromatic rings. The maximum Gasteiger partial charge on any atom is 0.271 e. The number of carbonyl (C=O) groups excluding carboxylic acids is 1. The maximum absolute atomic E-state index is 12.0. The maximum atomic E-state index is 12.0. The highest BCUT2D eigenvalue weighted by molar-refractivity contribution is 9.13. The van der Waals surface area contributed by atoms with Gasteiger partial charge in [-0.2, -0.15) is 5.10 Å². The summed E-state index contributed by atoms with van der Waals surface area (Å²) in [5, 5.41) is 13.8. The summed E-state index contributed by atoms with van der Waals surface area (Å²) < 4.78 is 11.1. The second-order valence-electron chi connectivity index (χ2n) is 4.57. The number of carbonyl (C=O) groups is 1. The van der Waals surface area contributed by atoms with E-state index in [1.54, 1.807) is 37.4 Å². The normalized spacial score (nSPS) is 10.7. The molecule has 2 N–H and O–H groups in total. The zero-order valence-corrected chi connectivity index (χ0v) is 16.0. The predicted molar refractivity (Wildman–Crippen MR) is 98.1 cm³/mol. The number of phenols is 1. The minimum absolute atomic E-state index is 0.0243. The third-order valence-corrected chi connectivity index (χ3v) is 5.27. The van der Waals surface area contributed by atoms with Gasteiger partial charge in [-0.1, -0.05) is 0 Å². The van der Waals surface area contributed by atoms with E-state index in [-0.39, 0.29) is 17.4 Å². The van der Waals surface area contributed by atoms with Crippen LogP contribution in [0, 0.1) is 0 Å². The standard InChI is InChI=1S/C16H14Br2N2O4/c1-23-11-5-3-9(4-6-11)16(22)20-19-8-10-7-12(24-2)15(21)14(18)13(10)17/h3-8,21H,1-2H3,(H,20,22). The van der Waals surface area contributed by atoms with Crippen molar-refractivity contribution in [1.29, 1.82) is 0 Å². The molecule has 24 heavy (non-hydrogen) atoms. The third-order valence-electron chi connectivity index (χ3n) is 3.12. The van der Waals surface area contributed by atoms with Gasteiger partial charge < -0.3 is 14.6 Å². The zero-order chi connectivity index (χ0) is 17.7. The Kier molecular flexibility index (Phi) is 6.22. The predicted octanol–water partition coefficient (Wildman–Crippen LogP) is 3.70. The molecule has 0 unspecified atom stereocenters. The Labute approximate surface area is 155 Å². The van der Waals surface area contributed by atoms with E-state index in [1.807, 2.05) is 0 Å². The summed E-state index contributed by atoms with van der Waals surface area (Å²) in [5.41, 5.74) is 3.51. The Morgan fingerprint density at radius 3 is 2.42 bits per heavy atom. The Bertz CT molecular complexity index is 777. The summed E-state index contributed by atoms with van der Waals surface area (Å²) in [5.74, 6) is 0.576. The number of ether oxygens (including phenoxy) is 2. The second kappa shape index (κ2) is 8.16. The molecule has 0 aliphatic rings. The first kappa shape index (κ1) is 18.3. The number of benzene rings is 2. The van der Waals surface area contributed by atoms with Crippen LogP contribution in [-0.4, -0.2) is 31.4 Å². The highest BCUT2D eigenvalue weighted by Gasteiger charge is 2.13. The van der Waals surface area contributed by atoms with Gasteiger partial charge in [0.1, 0.15) is 5.75 Å². The Balaban J connectivity index is 2.13. The number of hydrogen-bond donors (Lipinski definition) is 2. The number of methoxy groups -OCH3 is 2. The van der Waals surface area contributed by atoms with Gasteiger partial charge in [-0.3, -0.25) is 4.79 Å². The molecular formula is C16H14Br2N2O4. The van der Waals surface area contributed by atoms with Crippen LogP contribution in [0.1, 0.15) is 15.9 Å². The molecule has 2 rings (SSSR count). The molecule has 126 valence electrons. The minimum Gasteiger partial charge on any atom is -0.503 e. The van der Waals surface area contributed by atoms with Crippen molar-refractivity contribution in [2.24, 2.45) is 5.10 Å². The summed E-state index contributed by atoms with van der Waals surface area (Å²) in [6, 6.07) is 8.25. The zero-order valence-electron chi connectivity index (χ0n) is 12.8. The summed E-state index contributed by atoms with van der Waals surface area (Å²) in [4.78, 5) is 12.0. The molecule has 8 heteroatoms. The first-order valence-electron chi connectivity index (χ1n) is 6.70. The van der Waals surface area contributed by atoms with Gasteiger partial charge in [-0.05, 0) is 62.2 Å². The highest BCUT2D eigenvalue weighted by atomic mass is 79.9. The Morgan fingerprint density at radius 1 is 1.17 bits per heavy atom. The van der Waals surface area contributed by atoms with E-state index in [1.165, 1.54) is 13.3 Å². The van der Waals surface area contributed by atoms with E-state index in [9.17, 15) is 9.90 Å². The first-order chi connectivity index (χ1) is 11.5. The van der Waals surface area contributed by atoms with E-state index in [2.05, 4.69) is 42.4 Å². The largest absolute Gasteiger partial charge is 0.503 e. The lowest BCUT2D eigenvalue weighted by Crippen LogP contribution is -2.17. The molecule has 0 saturated carbocycles. The van der Waals surface area contributed by atoms with Crippen LogP contribution < -0.4 is 14.9 Å². The fourth-order valence-electron chi connectivity index (χ4n) is 1.83. The smallest absolute Gasteiger partial charge is 0.271 e. The van der Waals surface area contributed by atoms with Crippen LogP contribution in [0.4, 0.5) is 0 Å². The molecule has 0 saturated heterocycles. The molecule has 0 heterocycles. The molecule has 1 amide bonds. The fraction of sp³-hybridized carbons (Fsp3) is 0.125. The topological polar surface area (TPSA) is 80.2 Å². The van der Waals surface area contributed by atoms with Crippen LogP contribution in [0.15, 0.2) is 44.4 Å². The average Bonchev–Trinajstić information content (AvgIpc) is 2.61. The van der Waals surface area contributed by atoms with Crippen molar-refractivity contribution in [2.45, 2.75) is 0 Å².